The van der Waals surface area contributed by atoms with Gasteiger partial charge >= 0.3 is 5.97 Å². The predicted molar refractivity (Wildman–Crippen MR) is 117 cm³/mol. The highest BCUT2D eigenvalue weighted by atomic mass is 32.0. The summed E-state index contributed by atoms with van der Waals surface area (Å²) in [5, 5.41) is 2.87. The van der Waals surface area contributed by atoms with Gasteiger partial charge in [0.25, 0.3) is 5.56 Å². The van der Waals surface area contributed by atoms with Gasteiger partial charge in [-0.3, -0.25) is 4.79 Å². The van der Waals surface area contributed by atoms with E-state index in [1.165, 1.54) is 0 Å². The third kappa shape index (κ3) is 4.31. The van der Waals surface area contributed by atoms with Crippen molar-refractivity contribution in [2.75, 3.05) is 7.05 Å². The molecule has 1 N–H and O–H groups in total. The first-order valence-electron chi connectivity index (χ1n) is 8.56. The van der Waals surface area contributed by atoms with Gasteiger partial charge in [0.1, 0.15) is 5.70 Å². The number of pyridine rings is 1. The van der Waals surface area contributed by atoms with E-state index in [9.17, 15) is 9.59 Å². The molecule has 0 radical (unpaired) electrons. The Morgan fingerprint density at radius 2 is 1.89 bits per heavy atom. The third-order valence-electron chi connectivity index (χ3n) is 4.97. The Hall–Kier alpha value is -1.96. The second-order valence-electron chi connectivity index (χ2n) is 6.46. The van der Waals surface area contributed by atoms with Crippen molar-refractivity contribution in [3.05, 3.63) is 62.2 Å². The number of hydrogen-bond acceptors (Lipinski definition) is 4. The van der Waals surface area contributed by atoms with E-state index in [4.69, 9.17) is 4.52 Å². The van der Waals surface area contributed by atoms with Crippen molar-refractivity contribution in [2.24, 2.45) is 7.05 Å². The van der Waals surface area contributed by atoms with E-state index in [-0.39, 0.29) is 14.1 Å². The SMILES string of the molecule is CN/C(=C\c1ccc(-c2c(C)c(C)c(C)n(C)c2=O)c(C)c1)C(=O)OPP. The summed E-state index contributed by atoms with van der Waals surface area (Å²) in [6.07, 6.45) is 1.75. The number of carbonyl (C=O) groups excluding carboxylic acids is 1. The molecule has 0 amide bonds. The van der Waals surface area contributed by atoms with Crippen LogP contribution in [0.4, 0.5) is 0 Å². The zero-order valence-electron chi connectivity index (χ0n) is 16.6. The second kappa shape index (κ2) is 8.82. The molecule has 2 atom stereocenters. The Morgan fingerprint density at radius 1 is 1.22 bits per heavy atom. The van der Waals surface area contributed by atoms with Gasteiger partial charge in [-0.25, -0.2) is 4.79 Å². The number of aromatic nitrogens is 1. The van der Waals surface area contributed by atoms with Crippen LogP contribution in [0.25, 0.3) is 17.2 Å². The van der Waals surface area contributed by atoms with E-state index in [0.29, 0.717) is 5.70 Å². The van der Waals surface area contributed by atoms with Gasteiger partial charge in [0.15, 0.2) is 0 Å². The van der Waals surface area contributed by atoms with Crippen LogP contribution in [0.1, 0.15) is 27.9 Å². The van der Waals surface area contributed by atoms with Crippen molar-refractivity contribution in [1.29, 1.82) is 0 Å². The molecule has 0 aliphatic heterocycles. The van der Waals surface area contributed by atoms with Crippen molar-refractivity contribution < 1.29 is 9.32 Å². The standard InChI is InChI=1S/C20H26N2O3P2/c1-11-9-15(10-17(21-5)20(24)25-27-26)7-8-16(11)18-13(3)12(2)14(4)22(6)19(18)23/h7-10,21,27H,26H2,1-6H3/b17-10-. The predicted octanol–water partition coefficient (Wildman–Crippen LogP) is 3.77. The van der Waals surface area contributed by atoms with Crippen LogP contribution in [0.5, 0.6) is 0 Å². The van der Waals surface area contributed by atoms with Crippen LogP contribution in [0.2, 0.25) is 0 Å². The largest absolute Gasteiger partial charge is 0.440 e. The summed E-state index contributed by atoms with van der Waals surface area (Å²) >= 11 is 0. The lowest BCUT2D eigenvalue weighted by Crippen LogP contribution is -2.23. The van der Waals surface area contributed by atoms with Crippen LogP contribution in [0, 0.1) is 27.7 Å². The van der Waals surface area contributed by atoms with E-state index >= 15 is 0 Å². The highest BCUT2D eigenvalue weighted by molar-refractivity contribution is 8.00. The lowest BCUT2D eigenvalue weighted by atomic mass is 9.93. The molecule has 144 valence electrons. The Balaban J connectivity index is 2.57. The first-order valence-corrected chi connectivity index (χ1v) is 11.3. The van der Waals surface area contributed by atoms with Crippen molar-refractivity contribution >= 4 is 29.5 Å². The number of rotatable bonds is 5. The summed E-state index contributed by atoms with van der Waals surface area (Å²) < 4.78 is 6.73. The molecule has 0 aliphatic rings. The molecule has 1 heterocycles. The van der Waals surface area contributed by atoms with Crippen LogP contribution in [-0.2, 0) is 16.4 Å². The van der Waals surface area contributed by atoms with E-state index in [2.05, 4.69) is 14.2 Å². The fourth-order valence-electron chi connectivity index (χ4n) is 3.07. The Labute approximate surface area is 164 Å². The molecule has 0 bridgehead atoms. The monoisotopic (exact) mass is 404 g/mol. The summed E-state index contributed by atoms with van der Waals surface area (Å²) in [5.74, 6) is -0.397. The maximum atomic E-state index is 12.9. The Kier molecular flexibility index (Phi) is 6.97. The molecular weight excluding hydrogens is 378 g/mol. The summed E-state index contributed by atoms with van der Waals surface area (Å²) in [6, 6.07) is 5.82. The molecule has 0 fully saturated rings. The van der Waals surface area contributed by atoms with E-state index in [0.717, 1.165) is 39.1 Å². The van der Waals surface area contributed by atoms with Gasteiger partial charge in [-0.2, -0.15) is 0 Å². The maximum Gasteiger partial charge on any atom is 0.357 e. The summed E-state index contributed by atoms with van der Waals surface area (Å²) in [6.45, 7) is 7.96. The van der Waals surface area contributed by atoms with Crippen LogP contribution in [-0.4, -0.2) is 17.6 Å². The van der Waals surface area contributed by atoms with E-state index in [1.807, 2.05) is 45.9 Å². The quantitative estimate of drug-likeness (QED) is 0.609. The zero-order valence-corrected chi connectivity index (χ0v) is 18.7. The fourth-order valence-corrected chi connectivity index (χ4v) is 3.61. The molecule has 2 rings (SSSR count). The van der Waals surface area contributed by atoms with Crippen molar-refractivity contribution in [1.82, 2.24) is 9.88 Å². The highest BCUT2D eigenvalue weighted by Gasteiger charge is 2.16. The fraction of sp³-hybridized carbons (Fsp3) is 0.300. The van der Waals surface area contributed by atoms with Crippen LogP contribution in [0.15, 0.2) is 28.7 Å². The molecule has 2 aromatic rings. The van der Waals surface area contributed by atoms with Gasteiger partial charge < -0.3 is 14.4 Å². The third-order valence-corrected chi connectivity index (χ3v) is 5.63. The minimum atomic E-state index is -0.397. The van der Waals surface area contributed by atoms with Crippen molar-refractivity contribution in [2.45, 2.75) is 27.7 Å². The Bertz CT molecular complexity index is 978. The zero-order chi connectivity index (χ0) is 20.3. The second-order valence-corrected chi connectivity index (χ2v) is 7.61. The van der Waals surface area contributed by atoms with Crippen LogP contribution in [0.3, 0.4) is 0 Å². The van der Waals surface area contributed by atoms with Gasteiger partial charge in [0.05, 0.1) is 14.1 Å². The minimum Gasteiger partial charge on any atom is -0.440 e. The van der Waals surface area contributed by atoms with Gasteiger partial charge in [-0.05, 0) is 61.6 Å². The molecule has 0 saturated carbocycles. The molecular formula is C20H26N2O3P2. The number of aryl methyl sites for hydroxylation is 1. The van der Waals surface area contributed by atoms with Crippen LogP contribution < -0.4 is 10.9 Å². The van der Waals surface area contributed by atoms with Crippen LogP contribution >= 0.6 is 17.4 Å². The molecule has 7 heteroatoms. The molecule has 0 spiro atoms. The first kappa shape index (κ1) is 21.3. The molecule has 2 unspecified atom stereocenters. The topological polar surface area (TPSA) is 60.3 Å². The maximum absolute atomic E-state index is 12.9. The molecule has 5 nitrogen and oxygen atoms in total. The number of carbonyl (C=O) groups is 1. The highest BCUT2D eigenvalue weighted by Crippen LogP contribution is 2.28. The van der Waals surface area contributed by atoms with Gasteiger partial charge in [-0.15, -0.1) is 0 Å². The Morgan fingerprint density at radius 3 is 2.44 bits per heavy atom. The van der Waals surface area contributed by atoms with Crippen molar-refractivity contribution in [3.63, 3.8) is 0 Å². The summed E-state index contributed by atoms with van der Waals surface area (Å²) in [4.78, 5) is 24.8. The number of benzene rings is 1. The molecule has 1 aromatic heterocycles. The molecule has 27 heavy (non-hydrogen) atoms. The summed E-state index contributed by atoms with van der Waals surface area (Å²) in [5.41, 5.74) is 6.96. The number of likely N-dealkylation sites (N-methyl/N-ethyl adjacent to an activating group) is 1. The number of hydrogen-bond donors (Lipinski definition) is 1. The summed E-state index contributed by atoms with van der Waals surface area (Å²) in [7, 11) is 5.88. The van der Waals surface area contributed by atoms with Gasteiger partial charge in [-0.1, -0.05) is 27.1 Å². The average Bonchev–Trinajstić information content (AvgIpc) is 2.64. The lowest BCUT2D eigenvalue weighted by Gasteiger charge is -2.17. The molecule has 0 aliphatic carbocycles. The van der Waals surface area contributed by atoms with E-state index < -0.39 is 5.97 Å². The molecule has 1 aromatic carbocycles. The van der Waals surface area contributed by atoms with Gasteiger partial charge in [0.2, 0.25) is 0 Å². The normalized spacial score (nSPS) is 11.9. The van der Waals surface area contributed by atoms with Crippen molar-refractivity contribution in [3.8, 4) is 11.1 Å². The lowest BCUT2D eigenvalue weighted by molar-refractivity contribution is -0.129. The average molecular weight is 404 g/mol. The first-order chi connectivity index (χ1) is 12.7. The minimum absolute atomic E-state index is 0.00270. The molecule has 0 saturated heterocycles. The van der Waals surface area contributed by atoms with E-state index in [1.54, 1.807) is 24.7 Å². The van der Waals surface area contributed by atoms with Gasteiger partial charge in [0, 0.05) is 19.8 Å². The smallest absolute Gasteiger partial charge is 0.357 e. The number of nitrogens with zero attached hydrogens (tertiary/aromatic N) is 1. The number of nitrogens with one attached hydrogen (secondary N) is 1.